The van der Waals surface area contributed by atoms with Crippen LogP contribution in [-0.2, 0) is 9.59 Å². The number of hydrogen-bond acceptors (Lipinski definition) is 3. The predicted molar refractivity (Wildman–Crippen MR) is 114 cm³/mol. The zero-order chi connectivity index (χ0) is 20.7. The molecule has 3 atom stereocenters. The van der Waals surface area contributed by atoms with Crippen LogP contribution in [0.5, 0.6) is 0 Å². The molecule has 2 bridgehead atoms. The van der Waals surface area contributed by atoms with Crippen LogP contribution in [-0.4, -0.2) is 42.4 Å². The Morgan fingerprint density at radius 3 is 2.37 bits per heavy atom. The summed E-state index contributed by atoms with van der Waals surface area (Å²) < 4.78 is 13.1. The second-order valence-electron chi connectivity index (χ2n) is 8.77. The molecule has 1 aliphatic carbocycles. The molecule has 3 aliphatic rings. The number of benzene rings is 2. The fourth-order valence-corrected chi connectivity index (χ4v) is 5.26. The first-order valence-electron chi connectivity index (χ1n) is 10.8. The van der Waals surface area contributed by atoms with Crippen LogP contribution in [0.3, 0.4) is 0 Å². The lowest BCUT2D eigenvalue weighted by Crippen LogP contribution is -2.38. The van der Waals surface area contributed by atoms with Crippen molar-refractivity contribution in [3.05, 3.63) is 59.9 Å². The first-order chi connectivity index (χ1) is 14.6. The highest BCUT2D eigenvalue weighted by Crippen LogP contribution is 2.40. The van der Waals surface area contributed by atoms with Crippen molar-refractivity contribution in [3.8, 4) is 0 Å². The van der Waals surface area contributed by atoms with Gasteiger partial charge in [-0.1, -0.05) is 12.1 Å². The molecule has 2 heterocycles. The summed E-state index contributed by atoms with van der Waals surface area (Å²) in [5.74, 6) is -0.431. The Labute approximate surface area is 175 Å². The summed E-state index contributed by atoms with van der Waals surface area (Å²) in [5, 5.41) is 2.73. The number of likely N-dealkylation sites (tertiary alicyclic amines) is 1. The third kappa shape index (κ3) is 3.66. The van der Waals surface area contributed by atoms with Crippen LogP contribution in [0.15, 0.2) is 48.5 Å². The summed E-state index contributed by atoms with van der Waals surface area (Å²) in [6, 6.07) is 14.8. The molecule has 6 heteroatoms. The smallest absolute Gasteiger partial charge is 0.313 e. The Hall–Kier alpha value is -2.89. The molecular formula is C24H26FN3O2. The maximum absolute atomic E-state index is 13.1. The highest BCUT2D eigenvalue weighted by atomic mass is 19.1. The van der Waals surface area contributed by atoms with Gasteiger partial charge in [-0.05, 0) is 73.6 Å². The highest BCUT2D eigenvalue weighted by Gasteiger charge is 2.37. The molecule has 5 nitrogen and oxygen atoms in total. The fraction of sp³-hybridized carbons (Fsp3) is 0.417. The number of carbonyl (C=O) groups is 2. The van der Waals surface area contributed by atoms with E-state index in [1.165, 1.54) is 37.1 Å². The van der Waals surface area contributed by atoms with Crippen LogP contribution in [0.4, 0.5) is 15.8 Å². The van der Waals surface area contributed by atoms with Gasteiger partial charge in [-0.25, -0.2) is 4.39 Å². The zero-order valence-corrected chi connectivity index (χ0v) is 16.9. The van der Waals surface area contributed by atoms with E-state index in [-0.39, 0.29) is 11.7 Å². The number of nitrogens with zero attached hydrogens (tertiary/aromatic N) is 2. The number of halogens is 1. The monoisotopic (exact) mass is 407 g/mol. The van der Waals surface area contributed by atoms with Gasteiger partial charge in [0.05, 0.1) is 0 Å². The number of hydrogen-bond donors (Lipinski definition) is 1. The Balaban J connectivity index is 1.17. The van der Waals surface area contributed by atoms with Crippen molar-refractivity contribution in [3.63, 3.8) is 0 Å². The van der Waals surface area contributed by atoms with E-state index in [4.69, 9.17) is 0 Å². The van der Waals surface area contributed by atoms with Crippen molar-refractivity contribution in [2.75, 3.05) is 29.9 Å². The molecule has 156 valence electrons. The van der Waals surface area contributed by atoms with Gasteiger partial charge in [0.1, 0.15) is 5.82 Å². The quantitative estimate of drug-likeness (QED) is 0.788. The minimum atomic E-state index is -0.609. The SMILES string of the molecule is O=C(Nc1ccc(N2CC3CCC2C3)cc1)C(=O)N1CCC(c2ccc(F)cc2)C1. The third-order valence-corrected chi connectivity index (χ3v) is 6.88. The average molecular weight is 407 g/mol. The molecule has 30 heavy (non-hydrogen) atoms. The normalized spacial score (nSPS) is 25.0. The summed E-state index contributed by atoms with van der Waals surface area (Å²) in [7, 11) is 0. The number of rotatable bonds is 3. The van der Waals surface area contributed by atoms with Gasteiger partial charge in [0.15, 0.2) is 0 Å². The molecule has 2 saturated heterocycles. The van der Waals surface area contributed by atoms with Crippen molar-refractivity contribution >= 4 is 23.2 Å². The lowest BCUT2D eigenvalue weighted by Gasteiger charge is -2.29. The molecule has 2 aliphatic heterocycles. The summed E-state index contributed by atoms with van der Waals surface area (Å²) in [6.45, 7) is 2.14. The van der Waals surface area contributed by atoms with Gasteiger partial charge in [-0.2, -0.15) is 0 Å². The zero-order valence-electron chi connectivity index (χ0n) is 16.9. The van der Waals surface area contributed by atoms with Crippen molar-refractivity contribution in [1.29, 1.82) is 0 Å². The van der Waals surface area contributed by atoms with Gasteiger partial charge in [-0.15, -0.1) is 0 Å². The first kappa shape index (κ1) is 19.1. The van der Waals surface area contributed by atoms with E-state index < -0.39 is 11.8 Å². The molecular weight excluding hydrogens is 381 g/mol. The highest BCUT2D eigenvalue weighted by molar-refractivity contribution is 6.39. The minimum absolute atomic E-state index is 0.137. The Kier molecular flexibility index (Phi) is 4.93. The first-order valence-corrected chi connectivity index (χ1v) is 10.8. The van der Waals surface area contributed by atoms with E-state index in [1.807, 2.05) is 24.3 Å². The van der Waals surface area contributed by atoms with E-state index in [1.54, 1.807) is 17.0 Å². The fourth-order valence-electron chi connectivity index (χ4n) is 5.26. The molecule has 3 fully saturated rings. The molecule has 5 rings (SSSR count). The van der Waals surface area contributed by atoms with Crippen molar-refractivity contribution in [2.45, 2.75) is 37.6 Å². The number of fused-ring (bicyclic) bond motifs is 2. The number of amides is 2. The molecule has 2 aromatic rings. The van der Waals surface area contributed by atoms with E-state index in [0.29, 0.717) is 24.8 Å². The number of nitrogens with one attached hydrogen (secondary N) is 1. The Bertz CT molecular complexity index is 944. The standard InChI is InChI=1S/C24H26FN3O2/c25-19-4-2-17(3-5-19)18-11-12-27(15-18)24(30)23(29)26-20-6-9-21(10-7-20)28-14-16-1-8-22(28)13-16/h2-7,9-10,16,18,22H,1,8,11-15H2,(H,26,29). The average Bonchev–Trinajstić information content (AvgIpc) is 3.51. The largest absolute Gasteiger partial charge is 0.368 e. The van der Waals surface area contributed by atoms with Gasteiger partial charge in [-0.3, -0.25) is 9.59 Å². The van der Waals surface area contributed by atoms with Crippen LogP contribution in [0, 0.1) is 11.7 Å². The van der Waals surface area contributed by atoms with Gasteiger partial charge in [0, 0.05) is 43.0 Å². The van der Waals surface area contributed by atoms with Crippen LogP contribution < -0.4 is 10.2 Å². The number of carbonyl (C=O) groups excluding carboxylic acids is 2. The maximum atomic E-state index is 13.1. The van der Waals surface area contributed by atoms with Gasteiger partial charge >= 0.3 is 11.8 Å². The predicted octanol–water partition coefficient (Wildman–Crippen LogP) is 3.77. The Morgan fingerprint density at radius 1 is 0.933 bits per heavy atom. The molecule has 3 unspecified atom stereocenters. The summed E-state index contributed by atoms with van der Waals surface area (Å²) in [5.41, 5.74) is 2.82. The van der Waals surface area contributed by atoms with E-state index >= 15 is 0 Å². The summed E-state index contributed by atoms with van der Waals surface area (Å²) in [6.07, 6.45) is 4.68. The summed E-state index contributed by atoms with van der Waals surface area (Å²) in [4.78, 5) is 29.1. The van der Waals surface area contributed by atoms with Gasteiger partial charge in [0.2, 0.25) is 0 Å². The molecule has 0 aromatic heterocycles. The second-order valence-corrected chi connectivity index (χ2v) is 8.77. The van der Waals surface area contributed by atoms with Crippen LogP contribution in [0.1, 0.15) is 37.2 Å². The number of piperidine rings is 1. The Morgan fingerprint density at radius 2 is 1.70 bits per heavy atom. The van der Waals surface area contributed by atoms with Crippen molar-refractivity contribution < 1.29 is 14.0 Å². The molecule has 0 radical (unpaired) electrons. The van der Waals surface area contributed by atoms with Crippen LogP contribution >= 0.6 is 0 Å². The second kappa shape index (κ2) is 7.74. The van der Waals surface area contributed by atoms with Crippen molar-refractivity contribution in [2.24, 2.45) is 5.92 Å². The third-order valence-electron chi connectivity index (χ3n) is 6.88. The van der Waals surface area contributed by atoms with Gasteiger partial charge < -0.3 is 15.1 Å². The lowest BCUT2D eigenvalue weighted by molar-refractivity contribution is -0.142. The molecule has 1 N–H and O–H groups in total. The lowest BCUT2D eigenvalue weighted by atomic mass is 9.99. The number of anilines is 2. The van der Waals surface area contributed by atoms with Gasteiger partial charge in [0.25, 0.3) is 0 Å². The maximum Gasteiger partial charge on any atom is 0.313 e. The van der Waals surface area contributed by atoms with E-state index in [0.717, 1.165) is 24.4 Å². The molecule has 2 amide bonds. The molecule has 2 aromatic carbocycles. The topological polar surface area (TPSA) is 52.7 Å². The van der Waals surface area contributed by atoms with Crippen LogP contribution in [0.2, 0.25) is 0 Å². The van der Waals surface area contributed by atoms with E-state index in [9.17, 15) is 14.0 Å². The van der Waals surface area contributed by atoms with Crippen LogP contribution in [0.25, 0.3) is 0 Å². The minimum Gasteiger partial charge on any atom is -0.368 e. The van der Waals surface area contributed by atoms with Crippen molar-refractivity contribution in [1.82, 2.24) is 4.90 Å². The van der Waals surface area contributed by atoms with E-state index in [2.05, 4.69) is 10.2 Å². The molecule has 1 saturated carbocycles. The summed E-state index contributed by atoms with van der Waals surface area (Å²) >= 11 is 0. The molecule has 0 spiro atoms.